The summed E-state index contributed by atoms with van der Waals surface area (Å²) in [4.78, 5) is 8.46. The van der Waals surface area contributed by atoms with E-state index in [0.29, 0.717) is 39.6 Å². The number of fused-ring (bicyclic) bond motifs is 2. The van der Waals surface area contributed by atoms with Gasteiger partial charge in [0.15, 0.2) is 22.9 Å². The molecule has 0 radical (unpaired) electrons. The molecule has 0 fully saturated rings. The van der Waals surface area contributed by atoms with Gasteiger partial charge in [0, 0.05) is 11.1 Å². The van der Waals surface area contributed by atoms with E-state index in [2.05, 4.69) is 39.8 Å². The van der Waals surface area contributed by atoms with E-state index in [9.17, 15) is 22.7 Å². The zero-order valence-electron chi connectivity index (χ0n) is 26.3. The number of aromatic nitrogens is 8. The van der Waals surface area contributed by atoms with Crippen molar-refractivity contribution in [3.63, 3.8) is 0 Å². The standard InChI is InChI=1S/C34H26F4N8O5/c35-32(36)50-24-10-6-21(7-11-24)30-43-41-26-14-39-16-28(45(26)30)48-19-34(18-47,23-4-2-1-3-5-23)20-49-29-17-40-15-27-42-44-31(46(27)29)22-8-12-25(13-9-22)51-33(37)38/h1-17,32-33,47H,18-20H2. The lowest BCUT2D eigenvalue weighted by Crippen LogP contribution is -2.43. The van der Waals surface area contributed by atoms with Crippen LogP contribution in [0.5, 0.6) is 23.3 Å². The molecular weight excluding hydrogens is 676 g/mol. The smallest absolute Gasteiger partial charge is 0.387 e. The first-order valence-corrected chi connectivity index (χ1v) is 15.2. The SMILES string of the molecule is OCC(COc1cncc2nnc(-c3ccc(OC(F)F)cc3)n12)(COc1cncc2nnc(-c3ccc(OC(F)F)cc3)n12)c1ccccc1. The molecule has 0 unspecified atom stereocenters. The number of hydrogen-bond acceptors (Lipinski definition) is 11. The third-order valence-electron chi connectivity index (χ3n) is 7.92. The van der Waals surface area contributed by atoms with Crippen LogP contribution in [-0.2, 0) is 5.41 Å². The number of benzene rings is 3. The maximum Gasteiger partial charge on any atom is 0.387 e. The maximum atomic E-state index is 12.7. The Morgan fingerprint density at radius 1 is 0.588 bits per heavy atom. The first-order chi connectivity index (χ1) is 24.8. The Hall–Kier alpha value is -6.36. The topological polar surface area (TPSA) is 143 Å². The van der Waals surface area contributed by atoms with Crippen molar-refractivity contribution < 1.29 is 41.6 Å². The second-order valence-electron chi connectivity index (χ2n) is 11.1. The minimum Gasteiger partial charge on any atom is -0.476 e. The summed E-state index contributed by atoms with van der Waals surface area (Å²) >= 11 is 0. The van der Waals surface area contributed by atoms with Crippen molar-refractivity contribution in [1.29, 1.82) is 0 Å². The zero-order chi connectivity index (χ0) is 35.4. The van der Waals surface area contributed by atoms with E-state index in [4.69, 9.17) is 9.47 Å². The van der Waals surface area contributed by atoms with E-state index < -0.39 is 25.2 Å². The quantitative estimate of drug-likeness (QED) is 0.144. The molecule has 0 atom stereocenters. The zero-order valence-corrected chi connectivity index (χ0v) is 26.3. The van der Waals surface area contributed by atoms with E-state index >= 15 is 0 Å². The largest absolute Gasteiger partial charge is 0.476 e. The average molecular weight is 703 g/mol. The summed E-state index contributed by atoms with van der Waals surface area (Å²) in [6, 6.07) is 21.0. The van der Waals surface area contributed by atoms with E-state index in [1.54, 1.807) is 33.1 Å². The van der Waals surface area contributed by atoms with Crippen molar-refractivity contribution in [3.8, 4) is 46.0 Å². The molecule has 0 spiro atoms. The number of aliphatic hydroxyl groups is 1. The molecule has 7 rings (SSSR count). The van der Waals surface area contributed by atoms with Gasteiger partial charge in [-0.2, -0.15) is 17.6 Å². The summed E-state index contributed by atoms with van der Waals surface area (Å²) in [6.45, 7) is -6.57. The first kappa shape index (κ1) is 33.2. The molecule has 0 aliphatic rings. The number of aliphatic hydroxyl groups excluding tert-OH is 1. The predicted octanol–water partition coefficient (Wildman–Crippen LogP) is 5.49. The molecule has 260 valence electrons. The van der Waals surface area contributed by atoms with Gasteiger partial charge >= 0.3 is 13.2 Å². The molecule has 0 aliphatic heterocycles. The Bertz CT molecular complexity index is 2100. The molecule has 17 heteroatoms. The van der Waals surface area contributed by atoms with Crippen LogP contribution in [0.25, 0.3) is 34.1 Å². The Morgan fingerprint density at radius 3 is 1.45 bits per heavy atom. The Labute approximate surface area is 285 Å². The van der Waals surface area contributed by atoms with Crippen molar-refractivity contribution in [1.82, 2.24) is 39.2 Å². The van der Waals surface area contributed by atoms with E-state index in [-0.39, 0.29) is 36.5 Å². The van der Waals surface area contributed by atoms with E-state index in [1.165, 1.54) is 49.1 Å². The van der Waals surface area contributed by atoms with Crippen LogP contribution in [0, 0.1) is 0 Å². The van der Waals surface area contributed by atoms with Crippen molar-refractivity contribution >= 4 is 11.3 Å². The molecule has 7 aromatic rings. The highest BCUT2D eigenvalue weighted by Gasteiger charge is 2.35. The molecule has 0 saturated carbocycles. The lowest BCUT2D eigenvalue weighted by Gasteiger charge is -2.32. The van der Waals surface area contributed by atoms with E-state index in [1.807, 2.05) is 30.3 Å². The van der Waals surface area contributed by atoms with Crippen LogP contribution in [0.3, 0.4) is 0 Å². The van der Waals surface area contributed by atoms with Crippen LogP contribution in [-0.4, -0.2) is 77.3 Å². The van der Waals surface area contributed by atoms with Gasteiger partial charge in [0.2, 0.25) is 11.8 Å². The molecule has 0 aliphatic carbocycles. The van der Waals surface area contributed by atoms with Crippen LogP contribution >= 0.6 is 0 Å². The molecule has 0 saturated heterocycles. The summed E-state index contributed by atoms with van der Waals surface area (Å²) < 4.78 is 75.6. The highest BCUT2D eigenvalue weighted by molar-refractivity contribution is 5.62. The first-order valence-electron chi connectivity index (χ1n) is 15.2. The molecule has 3 aromatic carbocycles. The van der Waals surface area contributed by atoms with Gasteiger partial charge in [-0.1, -0.05) is 30.3 Å². The lowest BCUT2D eigenvalue weighted by atomic mass is 9.82. The van der Waals surface area contributed by atoms with Crippen LogP contribution in [0.1, 0.15) is 5.56 Å². The van der Waals surface area contributed by atoms with Gasteiger partial charge in [-0.05, 0) is 54.1 Å². The van der Waals surface area contributed by atoms with Crippen LogP contribution in [0.4, 0.5) is 17.6 Å². The number of hydrogen-bond donors (Lipinski definition) is 1. The second kappa shape index (κ2) is 14.2. The summed E-state index contributed by atoms with van der Waals surface area (Å²) in [7, 11) is 0. The van der Waals surface area contributed by atoms with Gasteiger partial charge in [0.05, 0.1) is 36.8 Å². The normalized spacial score (nSPS) is 11.8. The van der Waals surface area contributed by atoms with Gasteiger partial charge in [0.1, 0.15) is 24.7 Å². The van der Waals surface area contributed by atoms with E-state index in [0.717, 1.165) is 0 Å². The summed E-state index contributed by atoms with van der Waals surface area (Å²) in [6.07, 6.45) is 5.91. The molecule has 4 heterocycles. The van der Waals surface area contributed by atoms with Crippen molar-refractivity contribution in [2.45, 2.75) is 18.6 Å². The third kappa shape index (κ3) is 6.91. The fourth-order valence-corrected chi connectivity index (χ4v) is 5.40. The number of rotatable bonds is 14. The number of halogens is 4. The maximum absolute atomic E-state index is 12.7. The van der Waals surface area contributed by atoms with Gasteiger partial charge in [-0.25, -0.2) is 8.80 Å². The monoisotopic (exact) mass is 702 g/mol. The highest BCUT2D eigenvalue weighted by atomic mass is 19.3. The fourth-order valence-electron chi connectivity index (χ4n) is 5.40. The van der Waals surface area contributed by atoms with Crippen LogP contribution in [0.2, 0.25) is 0 Å². The Kier molecular flexibility index (Phi) is 9.26. The van der Waals surface area contributed by atoms with Gasteiger partial charge < -0.3 is 24.1 Å². The Balaban J connectivity index is 1.19. The molecule has 4 aromatic heterocycles. The molecule has 51 heavy (non-hydrogen) atoms. The summed E-state index contributed by atoms with van der Waals surface area (Å²) in [5.41, 5.74) is 1.34. The number of ether oxygens (including phenoxy) is 4. The van der Waals surface area contributed by atoms with Gasteiger partial charge in [0.25, 0.3) is 0 Å². The van der Waals surface area contributed by atoms with Crippen molar-refractivity contribution in [3.05, 3.63) is 109 Å². The van der Waals surface area contributed by atoms with Gasteiger partial charge in [-0.3, -0.25) is 9.97 Å². The summed E-state index contributed by atoms with van der Waals surface area (Å²) in [5.74, 6) is 1.14. The molecular formula is C34H26F4N8O5. The third-order valence-corrected chi connectivity index (χ3v) is 7.92. The predicted molar refractivity (Wildman–Crippen MR) is 172 cm³/mol. The second-order valence-corrected chi connectivity index (χ2v) is 11.1. The Morgan fingerprint density at radius 2 is 1.04 bits per heavy atom. The van der Waals surface area contributed by atoms with Crippen LogP contribution in [0.15, 0.2) is 104 Å². The average Bonchev–Trinajstić information content (AvgIpc) is 3.78. The highest BCUT2D eigenvalue weighted by Crippen LogP contribution is 2.31. The van der Waals surface area contributed by atoms with Crippen molar-refractivity contribution in [2.75, 3.05) is 19.8 Å². The van der Waals surface area contributed by atoms with Crippen molar-refractivity contribution in [2.24, 2.45) is 0 Å². The lowest BCUT2D eigenvalue weighted by molar-refractivity contribution is -0.0505. The molecule has 0 amide bonds. The number of alkyl halides is 4. The minimum absolute atomic E-state index is 0.0156. The molecule has 1 N–H and O–H groups in total. The molecule has 0 bridgehead atoms. The van der Waals surface area contributed by atoms with Gasteiger partial charge in [-0.15, -0.1) is 20.4 Å². The number of nitrogens with zero attached hydrogens (tertiary/aromatic N) is 8. The fraction of sp³-hybridized carbons (Fsp3) is 0.176. The van der Waals surface area contributed by atoms with Crippen LogP contribution < -0.4 is 18.9 Å². The summed E-state index contributed by atoms with van der Waals surface area (Å²) in [5, 5.41) is 27.9. The molecule has 13 nitrogen and oxygen atoms in total. The minimum atomic E-state index is -2.96.